The molecule has 0 amide bonds. The van der Waals surface area contributed by atoms with Gasteiger partial charge in [0.15, 0.2) is 5.65 Å². The molecular formula is C17H15F2N3O3. The highest BCUT2D eigenvalue weighted by Gasteiger charge is 2.22. The number of hydrogen-bond donors (Lipinski definition) is 0. The van der Waals surface area contributed by atoms with Crippen LogP contribution in [0.1, 0.15) is 29.4 Å². The Bertz CT molecular complexity index is 925. The van der Waals surface area contributed by atoms with Gasteiger partial charge in [0.1, 0.15) is 17.0 Å². The molecule has 2 heterocycles. The number of para-hydroxylation sites is 1. The van der Waals surface area contributed by atoms with Crippen molar-refractivity contribution in [1.29, 1.82) is 0 Å². The van der Waals surface area contributed by atoms with E-state index in [1.165, 1.54) is 19.4 Å². The molecule has 0 N–H and O–H groups in total. The van der Waals surface area contributed by atoms with Gasteiger partial charge in [0.25, 0.3) is 6.43 Å². The van der Waals surface area contributed by atoms with E-state index in [1.807, 2.05) is 0 Å². The Morgan fingerprint density at radius 2 is 2.08 bits per heavy atom. The van der Waals surface area contributed by atoms with E-state index in [0.29, 0.717) is 11.3 Å². The lowest BCUT2D eigenvalue weighted by atomic mass is 10.1. The topological polar surface area (TPSA) is 65.7 Å². The van der Waals surface area contributed by atoms with Crippen molar-refractivity contribution < 1.29 is 23.0 Å². The fraction of sp³-hybridized carbons (Fsp3) is 0.235. The lowest BCUT2D eigenvalue weighted by molar-refractivity contribution is 0.0528. The van der Waals surface area contributed by atoms with Crippen molar-refractivity contribution in [2.24, 2.45) is 0 Å². The second kappa shape index (κ2) is 6.84. The Morgan fingerprint density at radius 1 is 1.32 bits per heavy atom. The monoisotopic (exact) mass is 347 g/mol. The average molecular weight is 347 g/mol. The normalized spacial score (nSPS) is 11.1. The molecule has 3 aromatic rings. The van der Waals surface area contributed by atoms with Crippen LogP contribution < -0.4 is 4.74 Å². The molecular weight excluding hydrogens is 332 g/mol. The van der Waals surface area contributed by atoms with Gasteiger partial charge in [-0.2, -0.15) is 5.10 Å². The van der Waals surface area contributed by atoms with E-state index in [4.69, 9.17) is 9.47 Å². The maximum absolute atomic E-state index is 13.5. The van der Waals surface area contributed by atoms with Crippen LogP contribution in [0.5, 0.6) is 5.75 Å². The molecule has 25 heavy (non-hydrogen) atoms. The Hall–Kier alpha value is -3.03. The number of aromatic nitrogens is 3. The SMILES string of the molecule is CCOC(=O)c1cnn2c(C(F)F)cc(-c3ccccc3OC)nc12. The Morgan fingerprint density at radius 3 is 2.76 bits per heavy atom. The van der Waals surface area contributed by atoms with Crippen LogP contribution in [-0.4, -0.2) is 34.3 Å². The summed E-state index contributed by atoms with van der Waals surface area (Å²) in [4.78, 5) is 16.4. The number of esters is 1. The van der Waals surface area contributed by atoms with Crippen LogP contribution >= 0.6 is 0 Å². The lowest BCUT2D eigenvalue weighted by Crippen LogP contribution is -2.07. The molecule has 0 radical (unpaired) electrons. The van der Waals surface area contributed by atoms with E-state index in [2.05, 4.69) is 10.1 Å². The first-order chi connectivity index (χ1) is 12.1. The molecule has 0 aliphatic heterocycles. The third kappa shape index (κ3) is 3.02. The summed E-state index contributed by atoms with van der Waals surface area (Å²) >= 11 is 0. The maximum atomic E-state index is 13.5. The molecule has 6 nitrogen and oxygen atoms in total. The Kier molecular flexibility index (Phi) is 4.60. The predicted octanol–water partition coefficient (Wildman–Crippen LogP) is 3.52. The van der Waals surface area contributed by atoms with E-state index in [-0.39, 0.29) is 29.2 Å². The zero-order valence-corrected chi connectivity index (χ0v) is 13.6. The molecule has 8 heteroatoms. The first-order valence-corrected chi connectivity index (χ1v) is 7.54. The second-order valence-electron chi connectivity index (χ2n) is 5.08. The molecule has 0 atom stereocenters. The van der Waals surface area contributed by atoms with E-state index in [9.17, 15) is 13.6 Å². The largest absolute Gasteiger partial charge is 0.496 e. The van der Waals surface area contributed by atoms with E-state index in [1.54, 1.807) is 31.2 Å². The van der Waals surface area contributed by atoms with Gasteiger partial charge in [-0.15, -0.1) is 0 Å². The summed E-state index contributed by atoms with van der Waals surface area (Å²) in [6.07, 6.45) is -1.62. The number of carbonyl (C=O) groups is 1. The van der Waals surface area contributed by atoms with E-state index in [0.717, 1.165) is 4.52 Å². The van der Waals surface area contributed by atoms with Gasteiger partial charge < -0.3 is 9.47 Å². The minimum Gasteiger partial charge on any atom is -0.496 e. The smallest absolute Gasteiger partial charge is 0.343 e. The Labute approximate surface area is 142 Å². The molecule has 130 valence electrons. The van der Waals surface area contributed by atoms with Crippen molar-refractivity contribution in [3.05, 3.63) is 47.8 Å². The van der Waals surface area contributed by atoms with Crippen LogP contribution in [0.3, 0.4) is 0 Å². The van der Waals surface area contributed by atoms with Crippen molar-refractivity contribution in [3.63, 3.8) is 0 Å². The number of rotatable bonds is 5. The zero-order chi connectivity index (χ0) is 18.0. The van der Waals surface area contributed by atoms with Crippen molar-refractivity contribution in [2.45, 2.75) is 13.3 Å². The third-order valence-electron chi connectivity index (χ3n) is 3.60. The van der Waals surface area contributed by atoms with Gasteiger partial charge in [0, 0.05) is 5.56 Å². The molecule has 0 fully saturated rings. The van der Waals surface area contributed by atoms with Crippen LogP contribution in [0.4, 0.5) is 8.78 Å². The second-order valence-corrected chi connectivity index (χ2v) is 5.08. The van der Waals surface area contributed by atoms with Gasteiger partial charge >= 0.3 is 5.97 Å². The first kappa shape index (κ1) is 16.8. The van der Waals surface area contributed by atoms with Gasteiger partial charge in [0.05, 0.1) is 25.6 Å². The summed E-state index contributed by atoms with van der Waals surface area (Å²) in [6.45, 7) is 1.81. The third-order valence-corrected chi connectivity index (χ3v) is 3.60. The van der Waals surface area contributed by atoms with Gasteiger partial charge in [-0.25, -0.2) is 23.1 Å². The minimum atomic E-state index is -2.80. The van der Waals surface area contributed by atoms with Crippen molar-refractivity contribution >= 4 is 11.6 Å². The highest BCUT2D eigenvalue weighted by molar-refractivity contribution is 5.96. The number of fused-ring (bicyclic) bond motifs is 1. The number of hydrogen-bond acceptors (Lipinski definition) is 5. The number of ether oxygens (including phenoxy) is 2. The fourth-order valence-corrected chi connectivity index (χ4v) is 2.49. The van der Waals surface area contributed by atoms with Gasteiger partial charge in [-0.05, 0) is 25.1 Å². The van der Waals surface area contributed by atoms with E-state index < -0.39 is 12.4 Å². The maximum Gasteiger partial charge on any atom is 0.343 e. The lowest BCUT2D eigenvalue weighted by Gasteiger charge is -2.11. The molecule has 0 aliphatic carbocycles. The molecule has 3 rings (SSSR count). The number of benzene rings is 1. The van der Waals surface area contributed by atoms with Crippen molar-refractivity contribution in [1.82, 2.24) is 14.6 Å². The van der Waals surface area contributed by atoms with Crippen LogP contribution in [0.25, 0.3) is 16.9 Å². The molecule has 0 saturated carbocycles. The summed E-state index contributed by atoms with van der Waals surface area (Å²) in [6, 6.07) is 8.14. The standard InChI is InChI=1S/C17H15F2N3O3/c1-3-25-17(23)11-9-20-22-13(15(18)19)8-12(21-16(11)22)10-6-4-5-7-14(10)24-2/h4-9,15H,3H2,1-2H3. The summed E-state index contributed by atoms with van der Waals surface area (Å²) in [7, 11) is 1.48. The highest BCUT2D eigenvalue weighted by Crippen LogP contribution is 2.32. The van der Waals surface area contributed by atoms with Gasteiger partial charge in [-0.3, -0.25) is 0 Å². The van der Waals surface area contributed by atoms with Gasteiger partial charge in [0.2, 0.25) is 0 Å². The predicted molar refractivity (Wildman–Crippen MR) is 85.9 cm³/mol. The molecule has 1 aromatic carbocycles. The molecule has 0 spiro atoms. The van der Waals surface area contributed by atoms with Crippen LogP contribution in [0, 0.1) is 0 Å². The first-order valence-electron chi connectivity index (χ1n) is 7.54. The van der Waals surface area contributed by atoms with E-state index >= 15 is 0 Å². The number of alkyl halides is 2. The van der Waals surface area contributed by atoms with Crippen molar-refractivity contribution in [2.75, 3.05) is 13.7 Å². The summed E-state index contributed by atoms with van der Waals surface area (Å²) < 4.78 is 38.2. The van der Waals surface area contributed by atoms with Crippen LogP contribution in [0.2, 0.25) is 0 Å². The summed E-state index contributed by atoms with van der Waals surface area (Å²) in [5.74, 6) is -0.181. The molecule has 0 aliphatic rings. The minimum absolute atomic E-state index is 0.0113. The number of carbonyl (C=O) groups excluding carboxylic acids is 1. The molecule has 0 bridgehead atoms. The summed E-state index contributed by atoms with van der Waals surface area (Å²) in [5, 5.41) is 3.86. The fourth-order valence-electron chi connectivity index (χ4n) is 2.49. The molecule has 0 saturated heterocycles. The molecule has 0 unspecified atom stereocenters. The number of halogens is 2. The number of methoxy groups -OCH3 is 1. The number of nitrogens with zero attached hydrogens (tertiary/aromatic N) is 3. The van der Waals surface area contributed by atoms with Gasteiger partial charge in [-0.1, -0.05) is 12.1 Å². The van der Waals surface area contributed by atoms with Crippen LogP contribution in [-0.2, 0) is 4.74 Å². The highest BCUT2D eigenvalue weighted by atomic mass is 19.3. The Balaban J connectivity index is 2.26. The average Bonchev–Trinajstić information content (AvgIpc) is 3.04. The summed E-state index contributed by atoms with van der Waals surface area (Å²) in [5.41, 5.74) is 0.454. The quantitative estimate of drug-likeness (QED) is 0.661. The van der Waals surface area contributed by atoms with Crippen molar-refractivity contribution in [3.8, 4) is 17.0 Å². The molecule has 2 aromatic heterocycles. The van der Waals surface area contributed by atoms with Crippen LogP contribution in [0.15, 0.2) is 36.5 Å². The zero-order valence-electron chi connectivity index (χ0n) is 13.6.